The zero-order valence-electron chi connectivity index (χ0n) is 13.2. The Hall–Kier alpha value is -2.36. The van der Waals surface area contributed by atoms with Crippen molar-refractivity contribution in [1.82, 2.24) is 0 Å². The van der Waals surface area contributed by atoms with Gasteiger partial charge in [0, 0.05) is 24.8 Å². The number of anilines is 2. The quantitative estimate of drug-likeness (QED) is 0.874. The number of halogens is 1. The third-order valence-electron chi connectivity index (χ3n) is 3.65. The number of benzene rings is 2. The normalized spacial score (nSPS) is 10.4. The lowest BCUT2D eigenvalue weighted by atomic mass is 10.00. The minimum absolute atomic E-state index is 0.0622. The fourth-order valence-electron chi connectivity index (χ4n) is 2.44. The van der Waals surface area contributed by atoms with Gasteiger partial charge in [-0.3, -0.25) is 4.79 Å². The van der Waals surface area contributed by atoms with E-state index in [2.05, 4.69) is 16.7 Å². The zero-order valence-corrected chi connectivity index (χ0v) is 13.2. The van der Waals surface area contributed by atoms with Crippen molar-refractivity contribution in [1.29, 1.82) is 0 Å². The van der Waals surface area contributed by atoms with Crippen LogP contribution in [0.15, 0.2) is 36.4 Å². The van der Waals surface area contributed by atoms with Gasteiger partial charge in [-0.05, 0) is 61.2 Å². The van der Waals surface area contributed by atoms with Gasteiger partial charge in [-0.25, -0.2) is 4.39 Å². The zero-order chi connectivity index (χ0) is 16.1. The average molecular weight is 300 g/mol. The fraction of sp³-hybridized carbons (Fsp3) is 0.278. The molecule has 0 bridgehead atoms. The highest BCUT2D eigenvalue weighted by Crippen LogP contribution is 2.24. The van der Waals surface area contributed by atoms with Crippen molar-refractivity contribution < 1.29 is 9.18 Å². The number of nitrogens with one attached hydrogen (secondary N) is 2. The molecule has 0 aliphatic rings. The molecule has 3 nitrogen and oxygen atoms in total. The van der Waals surface area contributed by atoms with Crippen molar-refractivity contribution in [3.05, 3.63) is 58.9 Å². The van der Waals surface area contributed by atoms with Gasteiger partial charge in [0.1, 0.15) is 5.82 Å². The van der Waals surface area contributed by atoms with Crippen LogP contribution in [0.25, 0.3) is 0 Å². The summed E-state index contributed by atoms with van der Waals surface area (Å²) in [5, 5.41) is 6.16. The maximum absolute atomic E-state index is 12.9. The molecule has 0 radical (unpaired) electrons. The minimum atomic E-state index is -0.236. The van der Waals surface area contributed by atoms with Gasteiger partial charge < -0.3 is 10.6 Å². The number of aryl methyl sites for hydroxylation is 1. The van der Waals surface area contributed by atoms with Gasteiger partial charge in [0.25, 0.3) is 0 Å². The molecule has 4 heteroatoms. The second-order valence-electron chi connectivity index (χ2n) is 5.41. The van der Waals surface area contributed by atoms with E-state index in [1.807, 2.05) is 19.9 Å². The smallest absolute Gasteiger partial charge is 0.221 e. The van der Waals surface area contributed by atoms with E-state index in [4.69, 9.17) is 0 Å². The average Bonchev–Trinajstić information content (AvgIpc) is 2.47. The van der Waals surface area contributed by atoms with Crippen LogP contribution in [0, 0.1) is 19.7 Å². The molecule has 2 N–H and O–H groups in total. The second-order valence-corrected chi connectivity index (χ2v) is 5.41. The lowest BCUT2D eigenvalue weighted by Crippen LogP contribution is -2.11. The Labute approximate surface area is 130 Å². The van der Waals surface area contributed by atoms with Crippen LogP contribution in [0.5, 0.6) is 0 Å². The highest BCUT2D eigenvalue weighted by atomic mass is 19.1. The summed E-state index contributed by atoms with van der Waals surface area (Å²) in [6, 6.07) is 10.4. The van der Waals surface area contributed by atoms with Gasteiger partial charge in [-0.15, -0.1) is 0 Å². The van der Waals surface area contributed by atoms with Gasteiger partial charge in [0.2, 0.25) is 5.91 Å². The largest absolute Gasteiger partial charge is 0.385 e. The topological polar surface area (TPSA) is 41.1 Å². The molecule has 0 aliphatic heterocycles. The molecule has 22 heavy (non-hydrogen) atoms. The molecule has 0 atom stereocenters. The van der Waals surface area contributed by atoms with Gasteiger partial charge in [-0.2, -0.15) is 0 Å². The molecule has 2 rings (SSSR count). The Morgan fingerprint density at radius 2 is 1.77 bits per heavy atom. The second kappa shape index (κ2) is 7.07. The molecule has 0 fully saturated rings. The molecule has 0 aromatic heterocycles. The highest BCUT2D eigenvalue weighted by molar-refractivity contribution is 5.90. The Kier molecular flexibility index (Phi) is 5.15. The van der Waals surface area contributed by atoms with Crippen LogP contribution >= 0.6 is 0 Å². The third kappa shape index (κ3) is 4.07. The van der Waals surface area contributed by atoms with Crippen LogP contribution in [-0.2, 0) is 11.2 Å². The number of hydrogen-bond acceptors (Lipinski definition) is 2. The molecule has 0 spiro atoms. The van der Waals surface area contributed by atoms with E-state index in [-0.39, 0.29) is 11.7 Å². The standard InChI is InChI=1S/C18H21FN2O/c1-12-4-5-15(13(2)18(12)21-14(3)22)10-11-20-17-8-6-16(19)7-9-17/h4-9,20H,10-11H2,1-3H3,(H,21,22). The van der Waals surface area contributed by atoms with E-state index in [1.165, 1.54) is 24.6 Å². The number of rotatable bonds is 5. The molecular formula is C18H21FN2O. The van der Waals surface area contributed by atoms with Crippen LogP contribution in [0.1, 0.15) is 23.6 Å². The maximum Gasteiger partial charge on any atom is 0.221 e. The first-order valence-electron chi connectivity index (χ1n) is 7.33. The van der Waals surface area contributed by atoms with E-state index in [0.717, 1.165) is 35.5 Å². The summed E-state index contributed by atoms with van der Waals surface area (Å²) < 4.78 is 12.9. The van der Waals surface area contributed by atoms with Crippen molar-refractivity contribution in [3.63, 3.8) is 0 Å². The van der Waals surface area contributed by atoms with Gasteiger partial charge >= 0.3 is 0 Å². The summed E-state index contributed by atoms with van der Waals surface area (Å²) in [6.07, 6.45) is 0.829. The number of carbonyl (C=O) groups excluding carboxylic acids is 1. The number of amides is 1. The molecule has 0 unspecified atom stereocenters. The van der Waals surface area contributed by atoms with Gasteiger partial charge in [0.15, 0.2) is 0 Å². The fourth-order valence-corrected chi connectivity index (χ4v) is 2.44. The lowest BCUT2D eigenvalue weighted by Gasteiger charge is -2.15. The molecule has 0 saturated carbocycles. The molecule has 1 amide bonds. The van der Waals surface area contributed by atoms with Crippen molar-refractivity contribution in [2.45, 2.75) is 27.2 Å². The Morgan fingerprint density at radius 3 is 2.41 bits per heavy atom. The summed E-state index contributed by atoms with van der Waals surface area (Å²) >= 11 is 0. The van der Waals surface area contributed by atoms with E-state index in [0.29, 0.717) is 0 Å². The first-order chi connectivity index (χ1) is 10.5. The maximum atomic E-state index is 12.9. The number of carbonyl (C=O) groups is 1. The number of hydrogen-bond donors (Lipinski definition) is 2. The summed E-state index contributed by atoms with van der Waals surface area (Å²) in [6.45, 7) is 6.26. The van der Waals surface area contributed by atoms with Crippen molar-refractivity contribution in [2.75, 3.05) is 17.2 Å². The van der Waals surface area contributed by atoms with Crippen molar-refractivity contribution >= 4 is 17.3 Å². The first kappa shape index (κ1) is 16.0. The van der Waals surface area contributed by atoms with Gasteiger partial charge in [-0.1, -0.05) is 12.1 Å². The molecule has 0 heterocycles. The Bertz CT molecular complexity index is 666. The van der Waals surface area contributed by atoms with Gasteiger partial charge in [0.05, 0.1) is 0 Å². The van der Waals surface area contributed by atoms with Crippen LogP contribution in [0.4, 0.5) is 15.8 Å². The Morgan fingerprint density at radius 1 is 1.09 bits per heavy atom. The lowest BCUT2D eigenvalue weighted by molar-refractivity contribution is -0.114. The molecule has 2 aromatic carbocycles. The molecule has 0 aliphatic carbocycles. The van der Waals surface area contributed by atoms with Crippen LogP contribution in [-0.4, -0.2) is 12.5 Å². The van der Waals surface area contributed by atoms with Crippen LogP contribution in [0.3, 0.4) is 0 Å². The molecular weight excluding hydrogens is 279 g/mol. The first-order valence-corrected chi connectivity index (χ1v) is 7.33. The van der Waals surface area contributed by atoms with Crippen molar-refractivity contribution in [3.8, 4) is 0 Å². The van der Waals surface area contributed by atoms with E-state index in [9.17, 15) is 9.18 Å². The summed E-state index contributed by atoms with van der Waals surface area (Å²) in [7, 11) is 0. The molecule has 0 saturated heterocycles. The predicted molar refractivity (Wildman–Crippen MR) is 88.8 cm³/mol. The summed E-state index contributed by atoms with van der Waals surface area (Å²) in [4.78, 5) is 11.3. The van der Waals surface area contributed by atoms with Crippen molar-refractivity contribution in [2.24, 2.45) is 0 Å². The highest BCUT2D eigenvalue weighted by Gasteiger charge is 2.08. The third-order valence-corrected chi connectivity index (χ3v) is 3.65. The van der Waals surface area contributed by atoms with Crippen LogP contribution in [0.2, 0.25) is 0 Å². The Balaban J connectivity index is 2.03. The monoisotopic (exact) mass is 300 g/mol. The van der Waals surface area contributed by atoms with E-state index < -0.39 is 0 Å². The van der Waals surface area contributed by atoms with E-state index in [1.54, 1.807) is 12.1 Å². The minimum Gasteiger partial charge on any atom is -0.385 e. The summed E-state index contributed by atoms with van der Waals surface area (Å²) in [5.41, 5.74) is 5.13. The SMILES string of the molecule is CC(=O)Nc1c(C)ccc(CCNc2ccc(F)cc2)c1C. The molecule has 116 valence electrons. The van der Waals surface area contributed by atoms with E-state index >= 15 is 0 Å². The summed E-state index contributed by atoms with van der Waals surface area (Å²) in [5.74, 6) is -0.298. The van der Waals surface area contributed by atoms with Crippen LogP contribution < -0.4 is 10.6 Å². The predicted octanol–water partition coefficient (Wildman–Crippen LogP) is 4.06. The molecule has 2 aromatic rings.